The van der Waals surface area contributed by atoms with Crippen LogP contribution in [0.25, 0.3) is 0 Å². The molecular formula is C20H33N3O3. The lowest BCUT2D eigenvalue weighted by Crippen LogP contribution is -2.35. The summed E-state index contributed by atoms with van der Waals surface area (Å²) in [5.74, 6) is 0.582. The van der Waals surface area contributed by atoms with Crippen molar-refractivity contribution in [2.75, 3.05) is 19.7 Å². The van der Waals surface area contributed by atoms with Crippen molar-refractivity contribution in [1.82, 2.24) is 9.47 Å². The van der Waals surface area contributed by atoms with Gasteiger partial charge in [0.05, 0.1) is 12.2 Å². The maximum atomic E-state index is 13.0. The van der Waals surface area contributed by atoms with Gasteiger partial charge in [0.25, 0.3) is 5.91 Å². The third-order valence-electron chi connectivity index (χ3n) is 4.12. The molecule has 0 unspecified atom stereocenters. The molecule has 1 heterocycles. The first-order valence-corrected chi connectivity index (χ1v) is 9.44. The molecule has 6 heteroatoms. The molecule has 26 heavy (non-hydrogen) atoms. The van der Waals surface area contributed by atoms with Crippen molar-refractivity contribution in [2.24, 2.45) is 11.8 Å². The van der Waals surface area contributed by atoms with Gasteiger partial charge in [-0.2, -0.15) is 0 Å². The van der Waals surface area contributed by atoms with Gasteiger partial charge in [-0.3, -0.25) is 15.0 Å². The maximum Gasteiger partial charge on any atom is 0.325 e. The van der Waals surface area contributed by atoms with Crippen molar-refractivity contribution >= 4 is 11.9 Å². The number of nitrogens with zero attached hydrogens (tertiary/aromatic N) is 2. The summed E-state index contributed by atoms with van der Waals surface area (Å²) >= 11 is 0. The van der Waals surface area contributed by atoms with E-state index >= 15 is 0 Å². The number of esters is 1. The number of carbonyl (C=O) groups is 2. The normalized spacial score (nSPS) is 11.0. The highest BCUT2D eigenvalue weighted by atomic mass is 16.5. The summed E-state index contributed by atoms with van der Waals surface area (Å²) in [6.45, 7) is 12.0. The molecule has 6 nitrogen and oxygen atoms in total. The zero-order valence-corrected chi connectivity index (χ0v) is 16.7. The van der Waals surface area contributed by atoms with E-state index in [4.69, 9.17) is 10.1 Å². The largest absolute Gasteiger partial charge is 0.465 e. The quantitative estimate of drug-likeness (QED) is 0.649. The van der Waals surface area contributed by atoms with Crippen molar-refractivity contribution in [3.8, 4) is 0 Å². The summed E-state index contributed by atoms with van der Waals surface area (Å²) in [4.78, 5) is 26.6. The molecular weight excluding hydrogens is 330 g/mol. The molecule has 1 aromatic rings. The van der Waals surface area contributed by atoms with Gasteiger partial charge in [0.2, 0.25) is 0 Å². The van der Waals surface area contributed by atoms with Crippen LogP contribution in [0.2, 0.25) is 0 Å². The lowest BCUT2D eigenvalue weighted by atomic mass is 10.1. The molecule has 146 valence electrons. The van der Waals surface area contributed by atoms with Crippen LogP contribution < -0.4 is 5.49 Å². The Kier molecular flexibility index (Phi) is 9.10. The number of nitrogens with one attached hydrogen (secondary N) is 1. The number of hydrogen-bond donors (Lipinski definition) is 1. The monoisotopic (exact) mass is 363 g/mol. The van der Waals surface area contributed by atoms with E-state index in [9.17, 15) is 9.59 Å². The summed E-state index contributed by atoms with van der Waals surface area (Å²) in [7, 11) is 0. The van der Waals surface area contributed by atoms with Crippen molar-refractivity contribution in [1.29, 1.82) is 5.41 Å². The van der Waals surface area contributed by atoms with Gasteiger partial charge in [-0.15, -0.1) is 0 Å². The van der Waals surface area contributed by atoms with Crippen molar-refractivity contribution in [3.63, 3.8) is 0 Å². The Morgan fingerprint density at radius 3 is 2.19 bits per heavy atom. The highest BCUT2D eigenvalue weighted by molar-refractivity contribution is 5.94. The lowest BCUT2D eigenvalue weighted by Gasteiger charge is -2.25. The second-order valence-electron chi connectivity index (χ2n) is 7.39. The number of ether oxygens (including phenoxy) is 1. The van der Waals surface area contributed by atoms with Crippen LogP contribution in [0, 0.1) is 17.2 Å². The van der Waals surface area contributed by atoms with Gasteiger partial charge in [-0.05, 0) is 43.7 Å². The second-order valence-corrected chi connectivity index (χ2v) is 7.39. The molecule has 1 amide bonds. The Morgan fingerprint density at radius 1 is 1.12 bits per heavy atom. The van der Waals surface area contributed by atoms with Crippen LogP contribution >= 0.6 is 0 Å². The third-order valence-corrected chi connectivity index (χ3v) is 4.12. The Morgan fingerprint density at radius 2 is 1.69 bits per heavy atom. The standard InChI is InChI=1S/C20H33N3O3/c1-6-26-19(24)14-23-13-17(7-8-18(23)21)20(25)22(11-9-15(2)3)12-10-16(4)5/h7-8,13,15-16,21H,6,9-12,14H2,1-5H3. The average molecular weight is 364 g/mol. The van der Waals surface area contributed by atoms with Gasteiger partial charge in [-0.1, -0.05) is 27.7 Å². The van der Waals surface area contributed by atoms with Gasteiger partial charge >= 0.3 is 5.97 Å². The molecule has 0 saturated heterocycles. The number of pyridine rings is 1. The fourth-order valence-electron chi connectivity index (χ4n) is 2.47. The van der Waals surface area contributed by atoms with Crippen LogP contribution in [0.3, 0.4) is 0 Å². The fraction of sp³-hybridized carbons (Fsp3) is 0.650. The molecule has 0 spiro atoms. The predicted octanol–water partition coefficient (Wildman–Crippen LogP) is 3.07. The Labute approximate surface area is 156 Å². The average Bonchev–Trinajstić information content (AvgIpc) is 2.56. The van der Waals surface area contributed by atoms with E-state index in [2.05, 4.69) is 27.7 Å². The fourth-order valence-corrected chi connectivity index (χ4v) is 2.47. The highest BCUT2D eigenvalue weighted by Gasteiger charge is 2.17. The van der Waals surface area contributed by atoms with Crippen molar-refractivity contribution < 1.29 is 14.3 Å². The molecule has 1 rings (SSSR count). The highest BCUT2D eigenvalue weighted by Crippen LogP contribution is 2.11. The van der Waals surface area contributed by atoms with Crippen molar-refractivity contribution in [3.05, 3.63) is 29.4 Å². The van der Waals surface area contributed by atoms with E-state index < -0.39 is 5.97 Å². The van der Waals surface area contributed by atoms with E-state index in [1.54, 1.807) is 25.3 Å². The van der Waals surface area contributed by atoms with Gasteiger partial charge in [-0.25, -0.2) is 0 Å². The number of amides is 1. The Bertz CT molecular complexity index is 638. The summed E-state index contributed by atoms with van der Waals surface area (Å²) in [5, 5.41) is 7.95. The van der Waals surface area contributed by atoms with Gasteiger partial charge in [0.15, 0.2) is 0 Å². The minimum Gasteiger partial charge on any atom is -0.465 e. The SMILES string of the molecule is CCOC(=O)Cn1cc(C(=O)N(CCC(C)C)CCC(C)C)ccc1=N. The zero-order valence-electron chi connectivity index (χ0n) is 16.7. The van der Waals surface area contributed by atoms with E-state index in [-0.39, 0.29) is 17.9 Å². The maximum absolute atomic E-state index is 13.0. The Balaban J connectivity index is 2.98. The summed E-state index contributed by atoms with van der Waals surface area (Å²) < 4.78 is 6.39. The van der Waals surface area contributed by atoms with E-state index in [1.807, 2.05) is 4.90 Å². The van der Waals surface area contributed by atoms with E-state index in [0.29, 0.717) is 37.1 Å². The number of rotatable bonds is 10. The van der Waals surface area contributed by atoms with Gasteiger partial charge in [0.1, 0.15) is 12.0 Å². The minimum absolute atomic E-state index is 0.0519. The van der Waals surface area contributed by atoms with Gasteiger partial charge in [0, 0.05) is 19.3 Å². The molecule has 0 aliphatic carbocycles. The molecule has 0 bridgehead atoms. The second kappa shape index (κ2) is 10.8. The van der Waals surface area contributed by atoms with Crippen LogP contribution in [-0.2, 0) is 16.1 Å². The summed E-state index contributed by atoms with van der Waals surface area (Å²) in [6, 6.07) is 3.21. The smallest absolute Gasteiger partial charge is 0.325 e. The molecule has 0 atom stereocenters. The zero-order chi connectivity index (χ0) is 19.7. The molecule has 0 aliphatic heterocycles. The lowest BCUT2D eigenvalue weighted by molar-refractivity contribution is -0.143. The van der Waals surface area contributed by atoms with Crippen molar-refractivity contribution in [2.45, 2.75) is 54.0 Å². The molecule has 0 radical (unpaired) electrons. The first-order chi connectivity index (χ1) is 12.2. The Hall–Kier alpha value is -2.11. The third kappa shape index (κ3) is 7.42. The summed E-state index contributed by atoms with van der Waals surface area (Å²) in [6.07, 6.45) is 3.48. The number of carbonyl (C=O) groups excluding carboxylic acids is 2. The number of aromatic nitrogens is 1. The van der Waals surface area contributed by atoms with E-state index in [0.717, 1.165) is 12.8 Å². The molecule has 0 aliphatic rings. The van der Waals surface area contributed by atoms with Crippen LogP contribution in [-0.4, -0.2) is 41.0 Å². The summed E-state index contributed by atoms with van der Waals surface area (Å²) in [5.41, 5.74) is 0.670. The first kappa shape index (κ1) is 21.9. The van der Waals surface area contributed by atoms with Gasteiger partial charge < -0.3 is 14.2 Å². The molecule has 0 saturated carbocycles. The molecule has 0 aromatic carbocycles. The topological polar surface area (TPSA) is 75.4 Å². The predicted molar refractivity (Wildman–Crippen MR) is 102 cm³/mol. The van der Waals surface area contributed by atoms with E-state index in [1.165, 1.54) is 4.57 Å². The molecule has 1 N–H and O–H groups in total. The first-order valence-electron chi connectivity index (χ1n) is 9.44. The molecule has 1 aromatic heterocycles. The van der Waals surface area contributed by atoms with Crippen LogP contribution in [0.1, 0.15) is 57.8 Å². The van der Waals surface area contributed by atoms with Crippen LogP contribution in [0.4, 0.5) is 0 Å². The van der Waals surface area contributed by atoms with Crippen LogP contribution in [0.15, 0.2) is 18.3 Å². The van der Waals surface area contributed by atoms with Crippen LogP contribution in [0.5, 0.6) is 0 Å². The number of hydrogen-bond acceptors (Lipinski definition) is 4. The minimum atomic E-state index is -0.410. The molecule has 0 fully saturated rings.